The average Bonchev–Trinajstić information content (AvgIpc) is 3.42. The molecule has 0 aliphatic carbocycles. The summed E-state index contributed by atoms with van der Waals surface area (Å²) >= 11 is 5.85. The van der Waals surface area contributed by atoms with Crippen LogP contribution >= 0.6 is 12.2 Å². The summed E-state index contributed by atoms with van der Waals surface area (Å²) < 4.78 is 2.12. The fourth-order valence-electron chi connectivity index (χ4n) is 5.29. The van der Waals surface area contributed by atoms with Gasteiger partial charge >= 0.3 is 5.97 Å². The van der Waals surface area contributed by atoms with E-state index in [1.165, 1.54) is 0 Å². The van der Waals surface area contributed by atoms with Crippen LogP contribution in [0.1, 0.15) is 51.5 Å². The number of carbonyl (C=O) groups is 1. The highest BCUT2D eigenvalue weighted by Gasteiger charge is 2.41. The number of aromatic carboxylic acids is 1. The quantitative estimate of drug-likeness (QED) is 0.192. The van der Waals surface area contributed by atoms with E-state index >= 15 is 0 Å². The third-order valence-corrected chi connectivity index (χ3v) is 7.37. The number of carboxylic acids is 1. The van der Waals surface area contributed by atoms with Gasteiger partial charge in [0, 0.05) is 42.0 Å². The third kappa shape index (κ3) is 5.13. The molecule has 3 heterocycles. The Hall–Kier alpha value is -4.17. The molecule has 2 aromatic carbocycles. The van der Waals surface area contributed by atoms with Crippen molar-refractivity contribution in [1.82, 2.24) is 19.8 Å². The molecular weight excluding hydrogens is 494 g/mol. The Morgan fingerprint density at radius 3 is 2.58 bits per heavy atom. The number of anilines is 1. The van der Waals surface area contributed by atoms with Crippen LogP contribution in [-0.4, -0.2) is 43.7 Å². The lowest BCUT2D eigenvalue weighted by atomic mass is 9.96. The first-order chi connectivity index (χ1) is 18.4. The molecule has 0 unspecified atom stereocenters. The van der Waals surface area contributed by atoms with Crippen LogP contribution in [0.4, 0.5) is 5.69 Å². The van der Waals surface area contributed by atoms with Crippen molar-refractivity contribution in [2.75, 3.05) is 18.4 Å². The lowest BCUT2D eigenvalue weighted by Gasteiger charge is -2.28. The van der Waals surface area contributed by atoms with Crippen molar-refractivity contribution in [3.8, 4) is 5.69 Å². The van der Waals surface area contributed by atoms with E-state index in [1.807, 2.05) is 48.7 Å². The number of pyridine rings is 1. The van der Waals surface area contributed by atoms with Crippen molar-refractivity contribution in [2.24, 2.45) is 0 Å². The average molecular weight is 526 g/mol. The molecule has 38 heavy (non-hydrogen) atoms. The molecule has 0 saturated carbocycles. The van der Waals surface area contributed by atoms with Gasteiger partial charge in [0.15, 0.2) is 5.11 Å². The molecular formula is C30H31N5O2S. The number of nitrogens with zero attached hydrogens (tertiary/aromatic N) is 3. The van der Waals surface area contributed by atoms with Crippen LogP contribution in [-0.2, 0) is 0 Å². The molecule has 4 aromatic rings. The largest absolute Gasteiger partial charge is 0.478 e. The van der Waals surface area contributed by atoms with Gasteiger partial charge in [-0.3, -0.25) is 4.98 Å². The van der Waals surface area contributed by atoms with E-state index in [2.05, 4.69) is 57.1 Å². The Bertz CT molecular complexity index is 1440. The van der Waals surface area contributed by atoms with Crippen molar-refractivity contribution < 1.29 is 9.90 Å². The van der Waals surface area contributed by atoms with E-state index in [4.69, 9.17) is 12.2 Å². The zero-order valence-corrected chi connectivity index (χ0v) is 22.3. The number of nitrogens with one attached hydrogen (secondary N) is 2. The number of aryl methyl sites for hydroxylation is 1. The monoisotopic (exact) mass is 525 g/mol. The number of thiocarbonyl (C=S) groups is 1. The first kappa shape index (κ1) is 25.5. The second kappa shape index (κ2) is 11.1. The first-order valence-electron chi connectivity index (χ1n) is 12.7. The van der Waals surface area contributed by atoms with Crippen molar-refractivity contribution in [3.05, 3.63) is 113 Å². The van der Waals surface area contributed by atoms with Crippen molar-refractivity contribution in [3.63, 3.8) is 0 Å². The summed E-state index contributed by atoms with van der Waals surface area (Å²) in [6.07, 6.45) is 2.71. The lowest BCUT2D eigenvalue weighted by Crippen LogP contribution is -2.31. The predicted molar refractivity (Wildman–Crippen MR) is 154 cm³/mol. The number of rotatable bonds is 9. The number of aromatic nitrogens is 2. The second-order valence-corrected chi connectivity index (χ2v) is 9.87. The topological polar surface area (TPSA) is 82.4 Å². The van der Waals surface area contributed by atoms with Crippen molar-refractivity contribution in [1.29, 1.82) is 0 Å². The Morgan fingerprint density at radius 1 is 1.05 bits per heavy atom. The maximum atomic E-state index is 11.6. The summed E-state index contributed by atoms with van der Waals surface area (Å²) in [5.41, 5.74) is 6.35. The van der Waals surface area contributed by atoms with E-state index < -0.39 is 5.97 Å². The number of para-hydroxylation sites is 1. The van der Waals surface area contributed by atoms with Gasteiger partial charge in [-0.2, -0.15) is 0 Å². The molecule has 2 aromatic heterocycles. The molecule has 3 N–H and O–H groups in total. The maximum absolute atomic E-state index is 11.6. The molecule has 8 heteroatoms. The maximum Gasteiger partial charge on any atom is 0.335 e. The van der Waals surface area contributed by atoms with Crippen LogP contribution in [0.25, 0.3) is 5.69 Å². The molecule has 194 valence electrons. The fraction of sp³-hybridized carbons (Fsp3) is 0.233. The molecule has 0 amide bonds. The molecule has 5 rings (SSSR count). The van der Waals surface area contributed by atoms with Gasteiger partial charge in [0.05, 0.1) is 23.3 Å². The molecule has 0 spiro atoms. The summed E-state index contributed by atoms with van der Waals surface area (Å²) in [7, 11) is 0. The van der Waals surface area contributed by atoms with Gasteiger partial charge in [-0.1, -0.05) is 30.3 Å². The second-order valence-electron chi connectivity index (χ2n) is 9.48. The number of benzene rings is 2. The van der Waals surface area contributed by atoms with Gasteiger partial charge in [0.1, 0.15) is 0 Å². The van der Waals surface area contributed by atoms with Crippen molar-refractivity contribution in [2.45, 2.75) is 32.4 Å². The Labute approximate surface area is 228 Å². The minimum atomic E-state index is -0.939. The molecule has 1 fully saturated rings. The van der Waals surface area contributed by atoms with E-state index in [-0.39, 0.29) is 17.6 Å². The van der Waals surface area contributed by atoms with Gasteiger partial charge in [-0.15, -0.1) is 0 Å². The normalized spacial score (nSPS) is 16.9. The highest BCUT2D eigenvalue weighted by atomic mass is 32.1. The Balaban J connectivity index is 1.47. The highest BCUT2D eigenvalue weighted by molar-refractivity contribution is 7.80. The zero-order valence-electron chi connectivity index (χ0n) is 21.5. The van der Waals surface area contributed by atoms with Crippen LogP contribution in [0.15, 0.2) is 85.1 Å². The Kier molecular flexibility index (Phi) is 7.42. The Morgan fingerprint density at radius 2 is 1.84 bits per heavy atom. The number of hydrogen-bond acceptors (Lipinski definition) is 4. The van der Waals surface area contributed by atoms with Crippen LogP contribution < -0.4 is 10.6 Å². The standard InChI is InChI=1S/C30H31N5O2S/c1-20-18-25(21(2)35(20)24-13-8-10-22(19-24)29(36)37)28-27(26-14-6-7-15-32-26)33-30(38)34(28)17-9-16-31-23-11-4-3-5-12-23/h3-8,10-15,18-19,27-28,31H,9,16-17H2,1-2H3,(H,33,38)(H,36,37)/t27-,28+/m0/s1. The first-order valence-corrected chi connectivity index (χ1v) is 13.1. The van der Waals surface area contributed by atoms with E-state index in [1.54, 1.807) is 18.2 Å². The summed E-state index contributed by atoms with van der Waals surface area (Å²) in [6, 6.07) is 25.2. The lowest BCUT2D eigenvalue weighted by molar-refractivity contribution is 0.0697. The molecule has 1 aliphatic heterocycles. The van der Waals surface area contributed by atoms with E-state index in [0.717, 1.165) is 53.5 Å². The molecule has 7 nitrogen and oxygen atoms in total. The van der Waals surface area contributed by atoms with Gasteiger partial charge in [-0.25, -0.2) is 4.79 Å². The van der Waals surface area contributed by atoms with Gasteiger partial charge in [0.25, 0.3) is 0 Å². The van der Waals surface area contributed by atoms with Crippen LogP contribution in [0.3, 0.4) is 0 Å². The SMILES string of the molecule is Cc1cc([C@@H]2[C@H](c3ccccn3)NC(=S)N2CCCNc2ccccc2)c(C)n1-c1cccc(C(=O)O)c1. The molecule has 1 saturated heterocycles. The zero-order chi connectivity index (χ0) is 26.6. The van der Waals surface area contributed by atoms with Gasteiger partial charge < -0.3 is 25.2 Å². The summed E-state index contributed by atoms with van der Waals surface area (Å²) in [5.74, 6) is -0.939. The third-order valence-electron chi connectivity index (χ3n) is 7.02. The smallest absolute Gasteiger partial charge is 0.335 e. The van der Waals surface area contributed by atoms with E-state index in [0.29, 0.717) is 5.11 Å². The van der Waals surface area contributed by atoms with Crippen LogP contribution in [0.2, 0.25) is 0 Å². The van der Waals surface area contributed by atoms with E-state index in [9.17, 15) is 9.90 Å². The minimum absolute atomic E-state index is 0.0586. The number of hydrogen-bond donors (Lipinski definition) is 3. The predicted octanol–water partition coefficient (Wildman–Crippen LogP) is 5.66. The summed E-state index contributed by atoms with van der Waals surface area (Å²) in [6.45, 7) is 5.74. The summed E-state index contributed by atoms with van der Waals surface area (Å²) in [4.78, 5) is 18.5. The fourth-order valence-corrected chi connectivity index (χ4v) is 5.62. The number of carboxylic acid groups (broad SMARTS) is 1. The van der Waals surface area contributed by atoms with Crippen LogP contribution in [0.5, 0.6) is 0 Å². The molecule has 0 bridgehead atoms. The molecule has 2 atom stereocenters. The van der Waals surface area contributed by atoms with Gasteiger partial charge in [0.2, 0.25) is 0 Å². The minimum Gasteiger partial charge on any atom is -0.478 e. The van der Waals surface area contributed by atoms with Gasteiger partial charge in [-0.05, 0) is 86.6 Å². The highest BCUT2D eigenvalue weighted by Crippen LogP contribution is 2.41. The molecule has 1 aliphatic rings. The summed E-state index contributed by atoms with van der Waals surface area (Å²) in [5, 5.41) is 17.3. The molecule has 0 radical (unpaired) electrons. The van der Waals surface area contributed by atoms with Crippen LogP contribution in [0, 0.1) is 13.8 Å². The van der Waals surface area contributed by atoms with Crippen molar-refractivity contribution >= 4 is 29.0 Å².